The molecular weight excluding hydrogens is 367 g/mol. The Bertz CT molecular complexity index is 514. The van der Waals surface area contributed by atoms with Gasteiger partial charge in [-0.15, -0.1) is 23.2 Å². The molecule has 0 aliphatic heterocycles. The van der Waals surface area contributed by atoms with Gasteiger partial charge in [0.1, 0.15) is 11.2 Å². The molecular formula is C22H32Cl2O2. The third-order valence-corrected chi connectivity index (χ3v) is 5.61. The van der Waals surface area contributed by atoms with Crippen LogP contribution in [0.3, 0.4) is 0 Å². The Morgan fingerprint density at radius 2 is 1.12 bits per heavy atom. The van der Waals surface area contributed by atoms with Crippen molar-refractivity contribution >= 4 is 23.2 Å². The zero-order chi connectivity index (χ0) is 18.9. The van der Waals surface area contributed by atoms with Crippen molar-refractivity contribution in [1.29, 1.82) is 0 Å². The van der Waals surface area contributed by atoms with Crippen LogP contribution in [-0.2, 0) is 9.47 Å². The van der Waals surface area contributed by atoms with Gasteiger partial charge in [0.2, 0.25) is 0 Å². The summed E-state index contributed by atoms with van der Waals surface area (Å²) >= 11 is 11.5. The predicted octanol–water partition coefficient (Wildman–Crippen LogP) is 6.35. The van der Waals surface area contributed by atoms with Gasteiger partial charge >= 0.3 is 0 Å². The number of ether oxygens (including phenoxy) is 2. The fourth-order valence-corrected chi connectivity index (χ4v) is 3.83. The van der Waals surface area contributed by atoms with E-state index in [0.717, 1.165) is 63.5 Å². The Balaban J connectivity index is 1.98. The normalized spacial score (nSPS) is 27.2. The molecule has 0 saturated carbocycles. The molecule has 2 aliphatic rings. The zero-order valence-electron chi connectivity index (χ0n) is 16.1. The van der Waals surface area contributed by atoms with Gasteiger partial charge in [0.25, 0.3) is 0 Å². The number of hydrogen-bond acceptors (Lipinski definition) is 2. The molecule has 0 fully saturated rings. The van der Waals surface area contributed by atoms with Gasteiger partial charge in [0.05, 0.1) is 0 Å². The number of allylic oxidation sites excluding steroid dienone is 4. The van der Waals surface area contributed by atoms with E-state index in [0.29, 0.717) is 0 Å². The molecule has 0 aromatic heterocycles. The van der Waals surface area contributed by atoms with E-state index in [-0.39, 0.29) is 0 Å². The zero-order valence-corrected chi connectivity index (χ0v) is 17.6. The van der Waals surface area contributed by atoms with Gasteiger partial charge < -0.3 is 9.47 Å². The Hall–Kier alpha value is -0.540. The summed E-state index contributed by atoms with van der Waals surface area (Å²) in [4.78, 5) is 0. The molecule has 0 amide bonds. The molecule has 2 nitrogen and oxygen atoms in total. The molecule has 0 saturated heterocycles. The van der Waals surface area contributed by atoms with Gasteiger partial charge in [-0.1, -0.05) is 24.3 Å². The highest BCUT2D eigenvalue weighted by Gasteiger charge is 2.40. The lowest BCUT2D eigenvalue weighted by atomic mass is 9.75. The van der Waals surface area contributed by atoms with Crippen LogP contribution < -0.4 is 0 Å². The van der Waals surface area contributed by atoms with Crippen LogP contribution in [0.2, 0.25) is 0 Å². The molecule has 0 N–H and O–H groups in total. The van der Waals surface area contributed by atoms with Gasteiger partial charge in [-0.25, -0.2) is 0 Å². The Morgan fingerprint density at radius 1 is 0.692 bits per heavy atom. The average molecular weight is 399 g/mol. The molecule has 2 unspecified atom stereocenters. The molecule has 0 radical (unpaired) electrons. The summed E-state index contributed by atoms with van der Waals surface area (Å²) in [7, 11) is 0. The van der Waals surface area contributed by atoms with Gasteiger partial charge in [0.15, 0.2) is 0 Å². The molecule has 0 aromatic carbocycles. The first-order valence-corrected chi connectivity index (χ1v) is 10.8. The molecule has 4 heteroatoms. The van der Waals surface area contributed by atoms with Gasteiger partial charge in [-0.2, -0.15) is 0 Å². The number of alkyl halides is 2. The number of halogens is 2. The van der Waals surface area contributed by atoms with Crippen LogP contribution in [0.15, 0.2) is 47.6 Å². The monoisotopic (exact) mass is 398 g/mol. The lowest BCUT2D eigenvalue weighted by molar-refractivity contribution is 0.00958. The molecule has 0 bridgehead atoms. The first kappa shape index (κ1) is 21.8. The second-order valence-corrected chi connectivity index (χ2v) is 8.05. The van der Waals surface area contributed by atoms with E-state index >= 15 is 0 Å². The summed E-state index contributed by atoms with van der Waals surface area (Å²) < 4.78 is 12.6. The molecule has 26 heavy (non-hydrogen) atoms. The number of fused-ring (bicyclic) bond motifs is 1. The predicted molar refractivity (Wildman–Crippen MR) is 112 cm³/mol. The quantitative estimate of drug-likeness (QED) is 0.281. The van der Waals surface area contributed by atoms with Crippen LogP contribution in [0.5, 0.6) is 0 Å². The number of unbranched alkanes of at least 4 members (excludes halogenated alkanes) is 4. The van der Waals surface area contributed by atoms with Crippen molar-refractivity contribution in [2.24, 2.45) is 0 Å². The molecule has 0 spiro atoms. The summed E-state index contributed by atoms with van der Waals surface area (Å²) in [6, 6.07) is 0. The highest BCUT2D eigenvalue weighted by molar-refractivity contribution is 6.18. The minimum Gasteiger partial charge on any atom is -0.366 e. The van der Waals surface area contributed by atoms with Gasteiger partial charge in [-0.05, 0) is 75.7 Å². The standard InChI is InChI=1S/C22H32Cl2O2/c1-21(25-17-7-3-5-15-23)13-9-12-20-19(21)11-10-14-22(20,2)26-18-8-4-6-16-24/h9-14H,3-8,15-18H2,1-2H3. The molecule has 0 aromatic rings. The summed E-state index contributed by atoms with van der Waals surface area (Å²) in [5, 5.41) is 0. The van der Waals surface area contributed by atoms with Crippen LogP contribution in [0, 0.1) is 0 Å². The smallest absolute Gasteiger partial charge is 0.109 e. The highest BCUT2D eigenvalue weighted by atomic mass is 35.5. The maximum Gasteiger partial charge on any atom is 0.109 e. The van der Waals surface area contributed by atoms with Crippen LogP contribution >= 0.6 is 23.2 Å². The second kappa shape index (κ2) is 10.7. The number of rotatable bonds is 12. The van der Waals surface area contributed by atoms with E-state index in [2.05, 4.69) is 50.3 Å². The van der Waals surface area contributed by atoms with Crippen molar-refractivity contribution in [3.8, 4) is 0 Å². The highest BCUT2D eigenvalue weighted by Crippen LogP contribution is 2.42. The Labute approximate surface area is 168 Å². The first-order chi connectivity index (χ1) is 12.6. The van der Waals surface area contributed by atoms with Crippen molar-refractivity contribution in [2.45, 2.75) is 63.6 Å². The van der Waals surface area contributed by atoms with Crippen molar-refractivity contribution < 1.29 is 9.47 Å². The van der Waals surface area contributed by atoms with Crippen molar-refractivity contribution in [3.63, 3.8) is 0 Å². The molecule has 2 aliphatic carbocycles. The molecule has 2 rings (SSSR count). The minimum atomic E-state index is -0.404. The SMILES string of the molecule is CC1(OCCCCCCl)C=CC=C2C1=CC=CC2(C)OCCCCCCl. The largest absolute Gasteiger partial charge is 0.366 e. The van der Waals surface area contributed by atoms with Crippen LogP contribution in [0.1, 0.15) is 52.4 Å². The van der Waals surface area contributed by atoms with E-state index in [1.807, 2.05) is 0 Å². The van der Waals surface area contributed by atoms with Gasteiger partial charge in [-0.3, -0.25) is 0 Å². The van der Waals surface area contributed by atoms with E-state index in [4.69, 9.17) is 32.7 Å². The minimum absolute atomic E-state index is 0.404. The van der Waals surface area contributed by atoms with E-state index in [1.165, 1.54) is 11.1 Å². The lowest BCUT2D eigenvalue weighted by Gasteiger charge is -2.41. The Morgan fingerprint density at radius 3 is 1.50 bits per heavy atom. The fourth-order valence-electron chi connectivity index (χ4n) is 3.45. The van der Waals surface area contributed by atoms with Crippen LogP contribution in [-0.4, -0.2) is 36.2 Å². The first-order valence-electron chi connectivity index (χ1n) is 9.76. The molecule has 146 valence electrons. The van der Waals surface area contributed by atoms with Crippen molar-refractivity contribution in [1.82, 2.24) is 0 Å². The van der Waals surface area contributed by atoms with E-state index in [9.17, 15) is 0 Å². The third-order valence-electron chi connectivity index (χ3n) is 5.07. The van der Waals surface area contributed by atoms with Crippen LogP contribution in [0.4, 0.5) is 0 Å². The average Bonchev–Trinajstić information content (AvgIpc) is 2.63. The molecule has 0 heterocycles. The van der Waals surface area contributed by atoms with E-state index < -0.39 is 11.2 Å². The summed E-state index contributed by atoms with van der Waals surface area (Å²) in [5.41, 5.74) is 1.59. The van der Waals surface area contributed by atoms with Crippen LogP contribution in [0.25, 0.3) is 0 Å². The number of hydrogen-bond donors (Lipinski definition) is 0. The van der Waals surface area contributed by atoms with Crippen molar-refractivity contribution in [2.75, 3.05) is 25.0 Å². The maximum atomic E-state index is 6.29. The second-order valence-electron chi connectivity index (χ2n) is 7.29. The molecule has 2 atom stereocenters. The lowest BCUT2D eigenvalue weighted by Crippen LogP contribution is -2.41. The van der Waals surface area contributed by atoms with Crippen molar-refractivity contribution in [3.05, 3.63) is 47.6 Å². The van der Waals surface area contributed by atoms with Gasteiger partial charge in [0, 0.05) is 25.0 Å². The summed E-state index contributed by atoms with van der Waals surface area (Å²) in [6.45, 7) is 5.76. The Kier molecular flexibility index (Phi) is 8.96. The summed E-state index contributed by atoms with van der Waals surface area (Å²) in [6.07, 6.45) is 19.2. The third kappa shape index (κ3) is 5.73. The fraction of sp³-hybridized carbons (Fsp3) is 0.636. The maximum absolute atomic E-state index is 6.29. The topological polar surface area (TPSA) is 18.5 Å². The summed E-state index contributed by atoms with van der Waals surface area (Å²) in [5.74, 6) is 1.45. The van der Waals surface area contributed by atoms with E-state index in [1.54, 1.807) is 0 Å².